The lowest BCUT2D eigenvalue weighted by atomic mass is 9.92. The van der Waals surface area contributed by atoms with Crippen molar-refractivity contribution >= 4 is 44.7 Å². The fourth-order valence-electron chi connectivity index (χ4n) is 4.95. The Hall–Kier alpha value is -2.43. The van der Waals surface area contributed by atoms with Crippen LogP contribution in [-0.2, 0) is 14.3 Å². The van der Waals surface area contributed by atoms with Crippen molar-refractivity contribution in [2.75, 3.05) is 23.8 Å². The first-order valence-corrected chi connectivity index (χ1v) is 15.8. The molecule has 1 saturated heterocycles. The number of aliphatic hydroxyl groups excluding tert-OH is 4. The maximum Gasteiger partial charge on any atom is 0.239 e. The van der Waals surface area contributed by atoms with Crippen LogP contribution in [0.3, 0.4) is 0 Å². The molecule has 2 aromatic heterocycles. The molecule has 42 heavy (non-hydrogen) atoms. The third-order valence-electron chi connectivity index (χ3n) is 7.32. The average molecular weight is 659 g/mol. The molecule has 1 fully saturated rings. The van der Waals surface area contributed by atoms with Crippen LogP contribution in [0.4, 0.5) is 5.82 Å². The molecule has 0 unspecified atom stereocenters. The number of carbonyl (C=O) groups excluding carboxylic acids is 2. The number of amides is 2. The van der Waals surface area contributed by atoms with Crippen molar-refractivity contribution in [3.8, 4) is 0 Å². The number of nitrogens with zero attached hydrogens (tertiary/aromatic N) is 3. The zero-order valence-electron chi connectivity index (χ0n) is 23.8. The quantitative estimate of drug-likeness (QED) is 0.0783. The van der Waals surface area contributed by atoms with Crippen molar-refractivity contribution < 1.29 is 34.8 Å². The molecule has 0 bridgehead atoms. The zero-order valence-corrected chi connectivity index (χ0v) is 25.3. The van der Waals surface area contributed by atoms with E-state index in [2.05, 4.69) is 51.8 Å². The highest BCUT2D eigenvalue weighted by Crippen LogP contribution is 2.26. The molecule has 0 spiro atoms. The summed E-state index contributed by atoms with van der Waals surface area (Å²) in [6.07, 6.45) is 7.23. The molecule has 0 aromatic carbocycles. The number of anilines is 1. The van der Waals surface area contributed by atoms with Gasteiger partial charge in [-0.3, -0.25) is 9.59 Å². The summed E-state index contributed by atoms with van der Waals surface area (Å²) >= 11 is 3.45. The molecule has 14 nitrogen and oxygen atoms in total. The van der Waals surface area contributed by atoms with Gasteiger partial charge in [0.2, 0.25) is 11.8 Å². The molecule has 1 aliphatic heterocycles. The van der Waals surface area contributed by atoms with E-state index in [1.54, 1.807) is 0 Å². The number of ether oxygens (including phenoxy) is 1. The van der Waals surface area contributed by atoms with E-state index in [1.807, 2.05) is 0 Å². The number of aromatic amines is 1. The molecule has 8 N–H and O–H groups in total. The van der Waals surface area contributed by atoms with Crippen molar-refractivity contribution in [3.05, 3.63) is 12.7 Å². The molecule has 236 valence electrons. The van der Waals surface area contributed by atoms with Crippen LogP contribution in [0.1, 0.15) is 70.6 Å². The van der Waals surface area contributed by atoms with Gasteiger partial charge in [-0.2, -0.15) is 0 Å². The largest absolute Gasteiger partial charge is 0.394 e. The van der Waals surface area contributed by atoms with E-state index >= 15 is 0 Å². The Labute approximate surface area is 253 Å². The number of fused-ring (bicyclic) bond motifs is 1. The second-order valence-corrected chi connectivity index (χ2v) is 11.4. The molecule has 0 saturated carbocycles. The summed E-state index contributed by atoms with van der Waals surface area (Å²) in [5.41, 5.74) is 0.792. The van der Waals surface area contributed by atoms with Crippen molar-refractivity contribution in [2.45, 2.75) is 107 Å². The number of aliphatic hydroxyl groups is 4. The predicted octanol–water partition coefficient (Wildman–Crippen LogP) is 0.852. The Kier molecular flexibility index (Phi) is 14.8. The Morgan fingerprint density at radius 1 is 0.952 bits per heavy atom. The summed E-state index contributed by atoms with van der Waals surface area (Å²) in [4.78, 5) is 39.8. The maximum atomic E-state index is 12.6. The number of hydrogen-bond donors (Lipinski definition) is 8. The van der Waals surface area contributed by atoms with E-state index in [0.29, 0.717) is 17.6 Å². The van der Waals surface area contributed by atoms with Crippen molar-refractivity contribution in [2.24, 2.45) is 0 Å². The van der Waals surface area contributed by atoms with Crippen molar-refractivity contribution in [1.82, 2.24) is 30.6 Å². The number of rotatable bonds is 19. The van der Waals surface area contributed by atoms with Gasteiger partial charge >= 0.3 is 0 Å². The summed E-state index contributed by atoms with van der Waals surface area (Å²) in [6.45, 7) is -1.07. The first-order valence-electron chi connectivity index (χ1n) is 14.7. The number of nitrogens with one attached hydrogen (secondary N) is 4. The Balaban J connectivity index is 1.40. The highest BCUT2D eigenvalue weighted by atomic mass is 79.9. The second-order valence-electron chi connectivity index (χ2n) is 10.6. The number of carbonyl (C=O) groups is 2. The Morgan fingerprint density at radius 3 is 2.29 bits per heavy atom. The topological polar surface area (TPSA) is 215 Å². The van der Waals surface area contributed by atoms with Gasteiger partial charge in [-0.15, -0.1) is 0 Å². The predicted molar refractivity (Wildman–Crippen MR) is 159 cm³/mol. The standard InChI is InChI=1S/C27H44BrN7O7/c28-12-10-8-6-4-2-1-3-5-7-9-11-18(38)29-13-19(39)34-20-22(40)23(41)27(42-24(20)17(37)14-36)35-26-21-25(31-15-30-21)32-16-33-26/h15-17,20,22-24,27,36-37,40-41H,1-14H2,(H,29,38)(H,34,39)(H2,30,31,32,33,35)/t17-,20+,22+,23+,24-,27-/m0/s1. The SMILES string of the molecule is O=C(CCCCCCCCCCCCBr)NCC(=O)N[C@@H]1[C@@H](O)[C@@H](O)[C@@H](Nc2ncnc3nc[nH]c23)O[C@H]1[C@@H](O)CO. The number of H-pyrrole nitrogens is 1. The number of hydrogen-bond acceptors (Lipinski definition) is 11. The van der Waals surface area contributed by atoms with E-state index in [-0.39, 0.29) is 18.3 Å². The minimum Gasteiger partial charge on any atom is -0.394 e. The van der Waals surface area contributed by atoms with Crippen LogP contribution < -0.4 is 16.0 Å². The smallest absolute Gasteiger partial charge is 0.239 e. The summed E-state index contributed by atoms with van der Waals surface area (Å²) in [5.74, 6) is -0.674. The van der Waals surface area contributed by atoms with Gasteiger partial charge in [0.1, 0.15) is 36.3 Å². The number of aromatic nitrogens is 4. The van der Waals surface area contributed by atoms with Crippen LogP contribution in [0.5, 0.6) is 0 Å². The third-order valence-corrected chi connectivity index (χ3v) is 7.88. The summed E-state index contributed by atoms with van der Waals surface area (Å²) < 4.78 is 5.78. The fourth-order valence-corrected chi connectivity index (χ4v) is 5.35. The van der Waals surface area contributed by atoms with E-state index in [4.69, 9.17) is 4.74 Å². The Morgan fingerprint density at radius 2 is 1.62 bits per heavy atom. The van der Waals surface area contributed by atoms with Crippen LogP contribution in [0, 0.1) is 0 Å². The maximum absolute atomic E-state index is 12.6. The Bertz CT molecular complexity index is 1090. The highest BCUT2D eigenvalue weighted by molar-refractivity contribution is 9.09. The van der Waals surface area contributed by atoms with Gasteiger partial charge in [-0.25, -0.2) is 15.0 Å². The van der Waals surface area contributed by atoms with E-state index in [0.717, 1.165) is 31.0 Å². The molecule has 15 heteroatoms. The minimum atomic E-state index is -1.59. The molecule has 1 aliphatic rings. The lowest BCUT2D eigenvalue weighted by Gasteiger charge is -2.44. The second kappa shape index (κ2) is 18.3. The van der Waals surface area contributed by atoms with Crippen LogP contribution in [0.2, 0.25) is 0 Å². The molecule has 2 aromatic rings. The first-order chi connectivity index (χ1) is 20.3. The van der Waals surface area contributed by atoms with Gasteiger partial charge in [0.15, 0.2) is 17.7 Å². The summed E-state index contributed by atoms with van der Waals surface area (Å²) in [6, 6.07) is -1.27. The van der Waals surface area contributed by atoms with Gasteiger partial charge in [-0.1, -0.05) is 67.3 Å². The van der Waals surface area contributed by atoms with Gasteiger partial charge < -0.3 is 46.1 Å². The molecular weight excluding hydrogens is 614 g/mol. The molecule has 6 atom stereocenters. The number of imidazole rings is 1. The zero-order chi connectivity index (χ0) is 30.3. The van der Waals surface area contributed by atoms with Gasteiger partial charge in [0.05, 0.1) is 25.5 Å². The highest BCUT2D eigenvalue weighted by Gasteiger charge is 2.48. The number of halogens is 1. The average Bonchev–Trinajstić information content (AvgIpc) is 3.48. The summed E-state index contributed by atoms with van der Waals surface area (Å²) in [5, 5.41) is 50.5. The van der Waals surface area contributed by atoms with Gasteiger partial charge in [-0.05, 0) is 12.8 Å². The third kappa shape index (κ3) is 10.4. The normalized spacial score (nSPS) is 23.0. The van der Waals surface area contributed by atoms with E-state index in [9.17, 15) is 30.0 Å². The minimum absolute atomic E-state index is 0.229. The molecular formula is C27H44BrN7O7. The lowest BCUT2D eigenvalue weighted by molar-refractivity contribution is -0.204. The molecule has 0 radical (unpaired) electrons. The van der Waals surface area contributed by atoms with E-state index in [1.165, 1.54) is 51.2 Å². The number of alkyl halides is 1. The molecule has 0 aliphatic carbocycles. The number of unbranched alkanes of at least 4 members (excludes halogenated alkanes) is 9. The van der Waals surface area contributed by atoms with Crippen LogP contribution >= 0.6 is 15.9 Å². The van der Waals surface area contributed by atoms with Crippen molar-refractivity contribution in [3.63, 3.8) is 0 Å². The fraction of sp³-hybridized carbons (Fsp3) is 0.741. The first kappa shape index (κ1) is 34.1. The van der Waals surface area contributed by atoms with Gasteiger partial charge in [0.25, 0.3) is 0 Å². The molecule has 2 amide bonds. The molecule has 3 heterocycles. The van der Waals surface area contributed by atoms with Crippen LogP contribution in [-0.4, -0.2) is 107 Å². The van der Waals surface area contributed by atoms with Gasteiger partial charge in [0, 0.05) is 11.8 Å². The van der Waals surface area contributed by atoms with Crippen molar-refractivity contribution in [1.29, 1.82) is 0 Å². The van der Waals surface area contributed by atoms with Crippen LogP contribution in [0.15, 0.2) is 12.7 Å². The van der Waals surface area contributed by atoms with Crippen LogP contribution in [0.25, 0.3) is 11.2 Å². The molecule has 3 rings (SSSR count). The lowest BCUT2D eigenvalue weighted by Crippen LogP contribution is -2.68. The monoisotopic (exact) mass is 657 g/mol. The summed E-state index contributed by atoms with van der Waals surface area (Å²) in [7, 11) is 0. The van der Waals surface area contributed by atoms with E-state index < -0.39 is 49.2 Å².